The number of rotatable bonds is 7. The molecule has 2 heterocycles. The first-order valence-corrected chi connectivity index (χ1v) is 9.76. The summed E-state index contributed by atoms with van der Waals surface area (Å²) in [4.78, 5) is 16.7. The van der Waals surface area contributed by atoms with Crippen molar-refractivity contribution in [2.24, 2.45) is 0 Å². The van der Waals surface area contributed by atoms with Crippen molar-refractivity contribution in [2.75, 3.05) is 46.4 Å². The van der Waals surface area contributed by atoms with E-state index in [-0.39, 0.29) is 12.4 Å². The molecule has 27 heavy (non-hydrogen) atoms. The lowest BCUT2D eigenvalue weighted by atomic mass is 10.1. The Morgan fingerprint density at radius 2 is 1.96 bits per heavy atom. The lowest BCUT2D eigenvalue weighted by Gasteiger charge is -2.33. The summed E-state index contributed by atoms with van der Waals surface area (Å²) in [5, 5.41) is 11.3. The SMILES string of the molecule is CCn1c(C)c(C(C)=O)c2cc(OC[C@H](O)CN3CCN(C)CC3)ccc21. The van der Waals surface area contributed by atoms with Crippen LogP contribution in [0.25, 0.3) is 10.9 Å². The van der Waals surface area contributed by atoms with E-state index in [2.05, 4.69) is 28.3 Å². The molecular weight excluding hydrogens is 342 g/mol. The Balaban J connectivity index is 1.68. The topological polar surface area (TPSA) is 57.9 Å². The number of ketones is 1. The molecule has 0 radical (unpaired) electrons. The Hall–Kier alpha value is -1.89. The third-order valence-electron chi connectivity index (χ3n) is 5.47. The van der Waals surface area contributed by atoms with Gasteiger partial charge >= 0.3 is 0 Å². The summed E-state index contributed by atoms with van der Waals surface area (Å²) in [7, 11) is 2.12. The molecule has 1 aromatic carbocycles. The number of hydrogen-bond acceptors (Lipinski definition) is 5. The van der Waals surface area contributed by atoms with Crippen LogP contribution in [0.2, 0.25) is 0 Å². The van der Waals surface area contributed by atoms with E-state index in [1.807, 2.05) is 25.1 Å². The second-order valence-corrected chi connectivity index (χ2v) is 7.51. The average Bonchev–Trinajstić information content (AvgIpc) is 2.92. The van der Waals surface area contributed by atoms with Crippen molar-refractivity contribution >= 4 is 16.7 Å². The summed E-state index contributed by atoms with van der Waals surface area (Å²) < 4.78 is 8.00. The molecule has 0 spiro atoms. The lowest BCUT2D eigenvalue weighted by Crippen LogP contribution is -2.47. The minimum atomic E-state index is -0.529. The number of ether oxygens (including phenoxy) is 1. The molecule has 1 saturated heterocycles. The van der Waals surface area contributed by atoms with E-state index >= 15 is 0 Å². The highest BCUT2D eigenvalue weighted by atomic mass is 16.5. The minimum absolute atomic E-state index is 0.0666. The molecule has 0 saturated carbocycles. The monoisotopic (exact) mass is 373 g/mol. The minimum Gasteiger partial charge on any atom is -0.491 e. The van der Waals surface area contributed by atoms with Crippen LogP contribution in [0.15, 0.2) is 18.2 Å². The molecule has 0 unspecified atom stereocenters. The van der Waals surface area contributed by atoms with E-state index in [4.69, 9.17) is 4.74 Å². The maximum atomic E-state index is 12.1. The lowest BCUT2D eigenvalue weighted by molar-refractivity contribution is 0.0505. The predicted molar refractivity (Wildman–Crippen MR) is 108 cm³/mol. The molecule has 1 fully saturated rings. The number of fused-ring (bicyclic) bond motifs is 1. The van der Waals surface area contributed by atoms with Gasteiger partial charge in [-0.1, -0.05) is 0 Å². The fourth-order valence-electron chi connectivity index (χ4n) is 3.98. The second kappa shape index (κ2) is 8.42. The normalized spacial score (nSPS) is 17.4. The number of likely N-dealkylation sites (N-methyl/N-ethyl adjacent to an activating group) is 1. The maximum absolute atomic E-state index is 12.1. The highest BCUT2D eigenvalue weighted by Crippen LogP contribution is 2.30. The molecule has 0 aliphatic carbocycles. The van der Waals surface area contributed by atoms with Crippen molar-refractivity contribution in [3.8, 4) is 5.75 Å². The van der Waals surface area contributed by atoms with Crippen LogP contribution in [-0.4, -0.2) is 77.7 Å². The van der Waals surface area contributed by atoms with Gasteiger partial charge in [0.15, 0.2) is 5.78 Å². The second-order valence-electron chi connectivity index (χ2n) is 7.51. The number of aliphatic hydroxyl groups is 1. The third kappa shape index (κ3) is 4.34. The zero-order valence-corrected chi connectivity index (χ0v) is 16.9. The highest BCUT2D eigenvalue weighted by Gasteiger charge is 2.19. The van der Waals surface area contributed by atoms with Gasteiger partial charge in [0.25, 0.3) is 0 Å². The molecule has 2 aromatic rings. The third-order valence-corrected chi connectivity index (χ3v) is 5.47. The smallest absolute Gasteiger partial charge is 0.162 e. The number of aryl methyl sites for hydroxylation is 1. The van der Waals surface area contributed by atoms with Crippen LogP contribution in [0.1, 0.15) is 29.9 Å². The molecule has 1 atom stereocenters. The fourth-order valence-corrected chi connectivity index (χ4v) is 3.98. The van der Waals surface area contributed by atoms with Gasteiger partial charge in [0.1, 0.15) is 18.5 Å². The molecule has 3 rings (SSSR count). The number of carbonyl (C=O) groups is 1. The number of carbonyl (C=O) groups excluding carboxylic acids is 1. The van der Waals surface area contributed by atoms with Gasteiger partial charge in [0, 0.05) is 61.4 Å². The number of aromatic nitrogens is 1. The molecule has 148 valence electrons. The van der Waals surface area contributed by atoms with Crippen LogP contribution < -0.4 is 4.74 Å². The van der Waals surface area contributed by atoms with E-state index in [0.29, 0.717) is 12.3 Å². The van der Waals surface area contributed by atoms with Gasteiger partial charge in [-0.2, -0.15) is 0 Å². The quantitative estimate of drug-likeness (QED) is 0.754. The summed E-state index contributed by atoms with van der Waals surface area (Å²) >= 11 is 0. The average molecular weight is 373 g/mol. The van der Waals surface area contributed by atoms with E-state index in [0.717, 1.165) is 54.9 Å². The number of Topliss-reactive ketones (excluding diaryl/α,β-unsaturated/α-hetero) is 1. The van der Waals surface area contributed by atoms with Crippen molar-refractivity contribution < 1.29 is 14.6 Å². The first-order chi connectivity index (χ1) is 12.9. The van der Waals surface area contributed by atoms with Gasteiger partial charge in [-0.15, -0.1) is 0 Å². The fraction of sp³-hybridized carbons (Fsp3) is 0.571. The van der Waals surface area contributed by atoms with Crippen molar-refractivity contribution in [2.45, 2.75) is 33.4 Å². The molecule has 1 aromatic heterocycles. The summed E-state index contributed by atoms with van der Waals surface area (Å²) in [5.74, 6) is 0.757. The predicted octanol–water partition coefficient (Wildman–Crippen LogP) is 2.16. The first-order valence-electron chi connectivity index (χ1n) is 9.76. The molecule has 1 aliphatic heterocycles. The van der Waals surface area contributed by atoms with E-state index < -0.39 is 6.10 Å². The van der Waals surface area contributed by atoms with Crippen LogP contribution in [0.3, 0.4) is 0 Å². The number of benzene rings is 1. The van der Waals surface area contributed by atoms with Crippen LogP contribution in [-0.2, 0) is 6.54 Å². The molecule has 6 heteroatoms. The molecule has 1 aliphatic rings. The van der Waals surface area contributed by atoms with Gasteiger partial charge in [-0.25, -0.2) is 0 Å². The number of nitrogens with zero attached hydrogens (tertiary/aromatic N) is 3. The number of aliphatic hydroxyl groups excluding tert-OH is 1. The van der Waals surface area contributed by atoms with Gasteiger partial charge in [0.2, 0.25) is 0 Å². The Labute approximate surface area is 161 Å². The van der Waals surface area contributed by atoms with Gasteiger partial charge in [0.05, 0.1) is 0 Å². The Bertz CT molecular complexity index is 807. The van der Waals surface area contributed by atoms with Gasteiger partial charge in [-0.05, 0) is 46.0 Å². The zero-order valence-electron chi connectivity index (χ0n) is 16.9. The highest BCUT2D eigenvalue weighted by molar-refractivity contribution is 6.08. The maximum Gasteiger partial charge on any atom is 0.162 e. The zero-order chi connectivity index (χ0) is 19.6. The van der Waals surface area contributed by atoms with Crippen LogP contribution >= 0.6 is 0 Å². The van der Waals surface area contributed by atoms with Crippen molar-refractivity contribution in [1.82, 2.24) is 14.4 Å². The van der Waals surface area contributed by atoms with E-state index in [1.54, 1.807) is 6.92 Å². The molecule has 6 nitrogen and oxygen atoms in total. The van der Waals surface area contributed by atoms with Crippen LogP contribution in [0, 0.1) is 6.92 Å². The van der Waals surface area contributed by atoms with Crippen molar-refractivity contribution in [1.29, 1.82) is 0 Å². The first kappa shape index (κ1) is 19.9. The molecule has 1 N–H and O–H groups in total. The molecular formula is C21H31N3O3. The van der Waals surface area contributed by atoms with Crippen LogP contribution in [0.5, 0.6) is 5.75 Å². The van der Waals surface area contributed by atoms with E-state index in [1.165, 1.54) is 0 Å². The Morgan fingerprint density at radius 3 is 2.59 bits per heavy atom. The Morgan fingerprint density at radius 1 is 1.26 bits per heavy atom. The summed E-state index contributed by atoms with van der Waals surface area (Å²) in [6.45, 7) is 11.4. The number of piperazine rings is 1. The summed E-state index contributed by atoms with van der Waals surface area (Å²) in [6, 6.07) is 5.84. The van der Waals surface area contributed by atoms with Crippen molar-refractivity contribution in [3.05, 3.63) is 29.5 Å². The summed E-state index contributed by atoms with van der Waals surface area (Å²) in [5.41, 5.74) is 2.80. The number of β-amino-alcohol motifs (C(OH)–C–C–N with tert-alkyl or cyclic N) is 1. The van der Waals surface area contributed by atoms with Crippen LogP contribution in [0.4, 0.5) is 0 Å². The largest absolute Gasteiger partial charge is 0.491 e. The van der Waals surface area contributed by atoms with Gasteiger partial charge in [-0.3, -0.25) is 9.69 Å². The standard InChI is InChI=1S/C21H31N3O3/c1-5-24-15(2)21(16(3)25)19-12-18(6-7-20(19)24)27-14-17(26)13-23-10-8-22(4)9-11-23/h6-7,12,17,26H,5,8-11,13-14H2,1-4H3/t17-/m1/s1. The van der Waals surface area contributed by atoms with Crippen molar-refractivity contribution in [3.63, 3.8) is 0 Å². The molecule has 0 amide bonds. The Kier molecular flexibility index (Phi) is 6.19. The molecule has 0 bridgehead atoms. The summed E-state index contributed by atoms with van der Waals surface area (Å²) in [6.07, 6.45) is -0.529. The number of hydrogen-bond donors (Lipinski definition) is 1. The van der Waals surface area contributed by atoms with E-state index in [9.17, 15) is 9.90 Å². The van der Waals surface area contributed by atoms with Gasteiger partial charge < -0.3 is 19.3 Å².